The molecule has 1 N–H and O–H groups in total. The van der Waals surface area contributed by atoms with Gasteiger partial charge in [0.2, 0.25) is 0 Å². The summed E-state index contributed by atoms with van der Waals surface area (Å²) in [5.74, 6) is 0.787. The molecule has 0 aromatic carbocycles. The summed E-state index contributed by atoms with van der Waals surface area (Å²) in [5.41, 5.74) is 0.0462. The molecule has 1 amide bonds. The van der Waals surface area contributed by atoms with Crippen LogP contribution in [-0.2, 0) is 9.47 Å². The van der Waals surface area contributed by atoms with Gasteiger partial charge >= 0.3 is 6.09 Å². The van der Waals surface area contributed by atoms with Crippen LogP contribution in [0.3, 0.4) is 0 Å². The minimum Gasteiger partial charge on any atom is -0.444 e. The smallest absolute Gasteiger partial charge is 0.410 e. The molecule has 23 heavy (non-hydrogen) atoms. The summed E-state index contributed by atoms with van der Waals surface area (Å²) < 4.78 is 11.1. The quantitative estimate of drug-likeness (QED) is 0.844. The molecule has 1 aliphatic carbocycles. The van der Waals surface area contributed by atoms with Crippen LogP contribution in [0.1, 0.15) is 54.4 Å². The highest BCUT2D eigenvalue weighted by atomic mass is 16.6. The molecule has 0 aromatic heterocycles. The van der Waals surface area contributed by atoms with Crippen LogP contribution in [-0.4, -0.2) is 55.0 Å². The number of carbonyl (C=O) groups is 1. The first-order valence-corrected chi connectivity index (χ1v) is 8.89. The average molecular weight is 326 g/mol. The predicted molar refractivity (Wildman–Crippen MR) is 91.5 cm³/mol. The van der Waals surface area contributed by atoms with Crippen LogP contribution in [0.5, 0.6) is 0 Å². The van der Waals surface area contributed by atoms with Crippen molar-refractivity contribution >= 4 is 6.09 Å². The molecule has 1 saturated heterocycles. The van der Waals surface area contributed by atoms with Crippen LogP contribution >= 0.6 is 0 Å². The summed E-state index contributed by atoms with van der Waals surface area (Å²) in [4.78, 5) is 14.2. The first-order valence-electron chi connectivity index (χ1n) is 8.89. The van der Waals surface area contributed by atoms with Crippen molar-refractivity contribution in [3.8, 4) is 0 Å². The fraction of sp³-hybridized carbons (Fsp3) is 0.944. The van der Waals surface area contributed by atoms with Gasteiger partial charge in [0.05, 0.1) is 19.3 Å². The summed E-state index contributed by atoms with van der Waals surface area (Å²) in [6.45, 7) is 15.4. The summed E-state index contributed by atoms with van der Waals surface area (Å²) in [5, 5.41) is 3.62. The number of amides is 1. The van der Waals surface area contributed by atoms with Gasteiger partial charge in [-0.05, 0) is 58.4 Å². The normalized spacial score (nSPS) is 28.3. The Morgan fingerprint density at radius 1 is 1.43 bits per heavy atom. The molecule has 134 valence electrons. The van der Waals surface area contributed by atoms with Crippen LogP contribution in [0.4, 0.5) is 4.79 Å². The molecule has 0 radical (unpaired) electrons. The molecule has 2 rings (SSSR count). The second-order valence-corrected chi connectivity index (χ2v) is 8.84. The predicted octanol–water partition coefficient (Wildman–Crippen LogP) is 3.04. The molecule has 3 atom stereocenters. The standard InChI is InChI=1S/C18H34N2O3/c1-13(19-11-14-10-18(14,5)6)9-15-12-22-8-7-20(15)16(21)23-17(2,3)4/h13-15,19H,7-12H2,1-6H3. The van der Waals surface area contributed by atoms with E-state index in [-0.39, 0.29) is 12.1 Å². The Kier molecular flexibility index (Phi) is 5.62. The topological polar surface area (TPSA) is 50.8 Å². The molecule has 1 saturated carbocycles. The van der Waals surface area contributed by atoms with Crippen molar-refractivity contribution < 1.29 is 14.3 Å². The molecule has 5 heteroatoms. The summed E-state index contributed by atoms with van der Waals surface area (Å²) in [7, 11) is 0. The van der Waals surface area contributed by atoms with E-state index < -0.39 is 5.60 Å². The SMILES string of the molecule is CC(CC1COCCN1C(=O)OC(C)(C)C)NCC1CC1(C)C. The second-order valence-electron chi connectivity index (χ2n) is 8.84. The maximum atomic E-state index is 12.4. The zero-order valence-corrected chi connectivity index (χ0v) is 15.6. The van der Waals surface area contributed by atoms with E-state index in [9.17, 15) is 4.79 Å². The number of carbonyl (C=O) groups excluding carboxylic acids is 1. The fourth-order valence-electron chi connectivity index (χ4n) is 3.17. The number of morpholine rings is 1. The van der Waals surface area contributed by atoms with Crippen LogP contribution in [0.15, 0.2) is 0 Å². The minimum absolute atomic E-state index is 0.0910. The molecular weight excluding hydrogens is 292 g/mol. The van der Waals surface area contributed by atoms with Crippen molar-refractivity contribution in [2.24, 2.45) is 11.3 Å². The van der Waals surface area contributed by atoms with Gasteiger partial charge in [-0.3, -0.25) is 0 Å². The molecule has 2 aliphatic rings. The van der Waals surface area contributed by atoms with Crippen molar-refractivity contribution in [1.29, 1.82) is 0 Å². The number of nitrogens with zero attached hydrogens (tertiary/aromatic N) is 1. The lowest BCUT2D eigenvalue weighted by atomic mass is 10.1. The van der Waals surface area contributed by atoms with Crippen LogP contribution < -0.4 is 5.32 Å². The van der Waals surface area contributed by atoms with Crippen molar-refractivity contribution in [3.63, 3.8) is 0 Å². The highest BCUT2D eigenvalue weighted by Gasteiger charge is 2.45. The zero-order valence-electron chi connectivity index (χ0n) is 15.6. The monoisotopic (exact) mass is 326 g/mol. The van der Waals surface area contributed by atoms with Gasteiger partial charge in [0.25, 0.3) is 0 Å². The van der Waals surface area contributed by atoms with E-state index in [2.05, 4.69) is 26.1 Å². The maximum Gasteiger partial charge on any atom is 0.410 e. The molecular formula is C18H34N2O3. The average Bonchev–Trinajstić information content (AvgIpc) is 3.02. The van der Waals surface area contributed by atoms with Gasteiger partial charge in [0.1, 0.15) is 5.60 Å². The third-order valence-corrected chi connectivity index (χ3v) is 4.91. The number of ether oxygens (including phenoxy) is 2. The number of rotatable bonds is 5. The fourth-order valence-corrected chi connectivity index (χ4v) is 3.17. The Morgan fingerprint density at radius 2 is 2.09 bits per heavy atom. The van der Waals surface area contributed by atoms with Crippen molar-refractivity contribution in [3.05, 3.63) is 0 Å². The molecule has 0 spiro atoms. The van der Waals surface area contributed by atoms with Gasteiger partial charge in [0.15, 0.2) is 0 Å². The second kappa shape index (κ2) is 6.98. The number of hydrogen-bond acceptors (Lipinski definition) is 4. The van der Waals surface area contributed by atoms with E-state index in [0.29, 0.717) is 31.2 Å². The Hall–Kier alpha value is -0.810. The molecule has 3 unspecified atom stereocenters. The van der Waals surface area contributed by atoms with E-state index in [4.69, 9.17) is 9.47 Å². The first kappa shape index (κ1) is 18.5. The van der Waals surface area contributed by atoms with Crippen molar-refractivity contribution in [2.75, 3.05) is 26.3 Å². The van der Waals surface area contributed by atoms with E-state index >= 15 is 0 Å². The van der Waals surface area contributed by atoms with Gasteiger partial charge in [-0.15, -0.1) is 0 Å². The third kappa shape index (κ3) is 5.64. The van der Waals surface area contributed by atoms with Crippen LogP contribution in [0.25, 0.3) is 0 Å². The highest BCUT2D eigenvalue weighted by molar-refractivity contribution is 5.68. The Morgan fingerprint density at radius 3 is 2.65 bits per heavy atom. The molecule has 1 aliphatic heterocycles. The van der Waals surface area contributed by atoms with E-state index in [1.807, 2.05) is 25.7 Å². The third-order valence-electron chi connectivity index (χ3n) is 4.91. The number of hydrogen-bond donors (Lipinski definition) is 1. The van der Waals surface area contributed by atoms with Gasteiger partial charge < -0.3 is 19.7 Å². The van der Waals surface area contributed by atoms with Gasteiger partial charge in [-0.25, -0.2) is 4.79 Å². The molecule has 5 nitrogen and oxygen atoms in total. The van der Waals surface area contributed by atoms with Crippen LogP contribution in [0.2, 0.25) is 0 Å². The Balaban J connectivity index is 1.81. The van der Waals surface area contributed by atoms with Crippen LogP contribution in [0, 0.1) is 11.3 Å². The van der Waals surface area contributed by atoms with Crippen molar-refractivity contribution in [1.82, 2.24) is 10.2 Å². The lowest BCUT2D eigenvalue weighted by Crippen LogP contribution is -2.52. The number of nitrogens with one attached hydrogen (secondary N) is 1. The summed E-state index contributed by atoms with van der Waals surface area (Å²) in [6, 6.07) is 0.455. The van der Waals surface area contributed by atoms with Crippen molar-refractivity contribution in [2.45, 2.75) is 72.1 Å². The Bertz CT molecular complexity index is 417. The Labute approximate surface area is 141 Å². The van der Waals surface area contributed by atoms with E-state index in [1.54, 1.807) is 0 Å². The lowest BCUT2D eigenvalue weighted by molar-refractivity contribution is -0.0355. The van der Waals surface area contributed by atoms with E-state index in [1.165, 1.54) is 6.42 Å². The zero-order chi connectivity index (χ0) is 17.3. The maximum absolute atomic E-state index is 12.4. The molecule has 0 bridgehead atoms. The van der Waals surface area contributed by atoms with Gasteiger partial charge in [-0.1, -0.05) is 13.8 Å². The summed E-state index contributed by atoms with van der Waals surface area (Å²) in [6.07, 6.45) is 1.98. The molecule has 1 heterocycles. The molecule has 2 fully saturated rings. The summed E-state index contributed by atoms with van der Waals surface area (Å²) >= 11 is 0. The molecule has 0 aromatic rings. The lowest BCUT2D eigenvalue weighted by Gasteiger charge is -2.37. The minimum atomic E-state index is -0.457. The largest absolute Gasteiger partial charge is 0.444 e. The van der Waals surface area contributed by atoms with E-state index in [0.717, 1.165) is 18.9 Å². The first-order chi connectivity index (χ1) is 10.6. The highest BCUT2D eigenvalue weighted by Crippen LogP contribution is 2.51. The van der Waals surface area contributed by atoms with Gasteiger partial charge in [-0.2, -0.15) is 0 Å². The van der Waals surface area contributed by atoms with Gasteiger partial charge in [0, 0.05) is 12.6 Å².